The molecule has 9 heteroatoms. The average Bonchev–Trinajstić information content (AvgIpc) is 3.00. The van der Waals surface area contributed by atoms with Gasteiger partial charge in [0.1, 0.15) is 11.7 Å². The SMILES string of the molecule is CCN1C(=O)C(c2cc(-c3cccnc3)ccc2O)C(=O)N(c2ccccc2)c2cc(C(F)(F)F)ccc21. The highest BCUT2D eigenvalue weighted by Gasteiger charge is 2.44. The van der Waals surface area contributed by atoms with E-state index in [0.717, 1.165) is 17.0 Å². The standard InChI is InChI=1S/C29H22F3N3O3/c1-2-34-23-12-11-20(29(30,31)32)16-24(23)35(21-8-4-3-5-9-21)28(38)26(27(34)37)22-15-18(10-13-25(22)36)19-7-6-14-33-17-19/h3-17,26,36H,2H2,1H3. The molecule has 1 N–H and O–H groups in total. The summed E-state index contributed by atoms with van der Waals surface area (Å²) in [7, 11) is 0. The van der Waals surface area contributed by atoms with Crippen LogP contribution in [0.5, 0.6) is 5.75 Å². The van der Waals surface area contributed by atoms with E-state index in [2.05, 4.69) is 4.98 Å². The van der Waals surface area contributed by atoms with Crippen molar-refractivity contribution in [2.75, 3.05) is 16.3 Å². The molecule has 192 valence electrons. The molecular weight excluding hydrogens is 495 g/mol. The normalized spacial score (nSPS) is 15.8. The van der Waals surface area contributed by atoms with E-state index in [1.54, 1.807) is 73.9 Å². The molecule has 6 nitrogen and oxygen atoms in total. The van der Waals surface area contributed by atoms with Crippen LogP contribution in [-0.2, 0) is 15.8 Å². The molecule has 3 aromatic carbocycles. The van der Waals surface area contributed by atoms with E-state index in [1.807, 2.05) is 0 Å². The molecule has 5 rings (SSSR count). The molecule has 0 aliphatic carbocycles. The van der Waals surface area contributed by atoms with Crippen molar-refractivity contribution in [1.82, 2.24) is 4.98 Å². The van der Waals surface area contributed by atoms with Crippen LogP contribution in [-0.4, -0.2) is 28.4 Å². The van der Waals surface area contributed by atoms with E-state index in [9.17, 15) is 27.9 Å². The smallest absolute Gasteiger partial charge is 0.416 e. The van der Waals surface area contributed by atoms with Crippen molar-refractivity contribution in [1.29, 1.82) is 0 Å². The topological polar surface area (TPSA) is 73.7 Å². The summed E-state index contributed by atoms with van der Waals surface area (Å²) in [5.41, 5.74) is 0.786. The maximum absolute atomic E-state index is 14.2. The molecule has 0 saturated carbocycles. The lowest BCUT2D eigenvalue weighted by atomic mass is 9.92. The first-order chi connectivity index (χ1) is 18.2. The predicted octanol–water partition coefficient (Wildman–Crippen LogP) is 6.29. The number of aromatic hydroxyl groups is 1. The third kappa shape index (κ3) is 4.36. The van der Waals surface area contributed by atoms with E-state index >= 15 is 0 Å². The summed E-state index contributed by atoms with van der Waals surface area (Å²) < 4.78 is 41.2. The molecule has 1 unspecified atom stereocenters. The molecule has 2 heterocycles. The number of alkyl halides is 3. The average molecular weight is 518 g/mol. The molecule has 1 aliphatic heterocycles. The van der Waals surface area contributed by atoms with Gasteiger partial charge in [-0.05, 0) is 61.0 Å². The summed E-state index contributed by atoms with van der Waals surface area (Å²) >= 11 is 0. The molecule has 0 radical (unpaired) electrons. The monoisotopic (exact) mass is 517 g/mol. The van der Waals surface area contributed by atoms with Gasteiger partial charge in [-0.15, -0.1) is 0 Å². The Balaban J connectivity index is 1.75. The van der Waals surface area contributed by atoms with Crippen molar-refractivity contribution in [2.45, 2.75) is 19.0 Å². The van der Waals surface area contributed by atoms with Crippen molar-refractivity contribution in [3.05, 3.63) is 102 Å². The first-order valence-corrected chi connectivity index (χ1v) is 11.9. The predicted molar refractivity (Wildman–Crippen MR) is 137 cm³/mol. The first-order valence-electron chi connectivity index (χ1n) is 11.9. The fraction of sp³-hybridized carbons (Fsp3) is 0.138. The second-order valence-electron chi connectivity index (χ2n) is 8.74. The van der Waals surface area contributed by atoms with Crippen molar-refractivity contribution in [2.24, 2.45) is 0 Å². The molecule has 2 amide bonds. The van der Waals surface area contributed by atoms with E-state index in [0.29, 0.717) is 11.1 Å². The van der Waals surface area contributed by atoms with Crippen molar-refractivity contribution in [3.63, 3.8) is 0 Å². The van der Waals surface area contributed by atoms with E-state index < -0.39 is 29.5 Å². The maximum atomic E-state index is 14.2. The van der Waals surface area contributed by atoms with E-state index in [4.69, 9.17) is 0 Å². The second-order valence-corrected chi connectivity index (χ2v) is 8.74. The van der Waals surface area contributed by atoms with E-state index in [-0.39, 0.29) is 34.9 Å². The quantitative estimate of drug-likeness (QED) is 0.323. The van der Waals surface area contributed by atoms with Crippen LogP contribution in [0.15, 0.2) is 91.3 Å². The third-order valence-electron chi connectivity index (χ3n) is 6.48. The minimum Gasteiger partial charge on any atom is -0.508 e. The molecule has 0 bridgehead atoms. The van der Waals surface area contributed by atoms with Gasteiger partial charge in [0.05, 0.1) is 16.9 Å². The van der Waals surface area contributed by atoms with Crippen molar-refractivity contribution < 1.29 is 27.9 Å². The number of carbonyl (C=O) groups is 2. The number of phenolic OH excluding ortho intramolecular Hbond substituents is 1. The number of halogens is 3. The lowest BCUT2D eigenvalue weighted by Crippen LogP contribution is -2.39. The Bertz CT molecular complexity index is 1510. The Morgan fingerprint density at radius 3 is 2.29 bits per heavy atom. The molecule has 0 saturated heterocycles. The lowest BCUT2D eigenvalue weighted by molar-refractivity contribution is -0.137. The van der Waals surface area contributed by atoms with Gasteiger partial charge in [0, 0.05) is 35.8 Å². The number of anilines is 3. The summed E-state index contributed by atoms with van der Waals surface area (Å²) in [5.74, 6) is -3.24. The van der Waals surface area contributed by atoms with Crippen LogP contribution in [0, 0.1) is 0 Å². The fourth-order valence-corrected chi connectivity index (χ4v) is 4.67. The van der Waals surface area contributed by atoms with Gasteiger partial charge in [-0.25, -0.2) is 0 Å². The highest BCUT2D eigenvalue weighted by Crippen LogP contribution is 2.45. The minimum absolute atomic E-state index is 0.0459. The van der Waals surface area contributed by atoms with Gasteiger partial charge < -0.3 is 10.0 Å². The molecular formula is C29H22F3N3O3. The number of phenols is 1. The lowest BCUT2D eigenvalue weighted by Gasteiger charge is -2.26. The van der Waals surface area contributed by atoms with E-state index in [1.165, 1.54) is 17.0 Å². The molecule has 0 spiro atoms. The molecule has 38 heavy (non-hydrogen) atoms. The number of rotatable bonds is 4. The van der Waals surface area contributed by atoms with Gasteiger partial charge in [-0.3, -0.25) is 19.5 Å². The summed E-state index contributed by atoms with van der Waals surface area (Å²) in [6, 6.07) is 19.2. The van der Waals surface area contributed by atoms with Crippen LogP contribution < -0.4 is 9.80 Å². The number of aromatic nitrogens is 1. The van der Waals surface area contributed by atoms with Crippen LogP contribution in [0.2, 0.25) is 0 Å². The van der Waals surface area contributed by atoms with Gasteiger partial charge in [0.15, 0.2) is 0 Å². The summed E-state index contributed by atoms with van der Waals surface area (Å²) in [6.07, 6.45) is -1.45. The fourth-order valence-electron chi connectivity index (χ4n) is 4.67. The minimum atomic E-state index is -4.66. The number of amides is 2. The highest BCUT2D eigenvalue weighted by atomic mass is 19.4. The number of nitrogens with zero attached hydrogens (tertiary/aromatic N) is 3. The Labute approximate surface area is 216 Å². The largest absolute Gasteiger partial charge is 0.508 e. The van der Waals surface area contributed by atoms with Gasteiger partial charge >= 0.3 is 6.18 Å². The molecule has 0 fully saturated rings. The molecule has 1 atom stereocenters. The number of hydrogen-bond donors (Lipinski definition) is 1. The number of benzene rings is 3. The Kier molecular flexibility index (Phi) is 6.36. The van der Waals surface area contributed by atoms with Crippen LogP contribution in [0.4, 0.5) is 30.2 Å². The maximum Gasteiger partial charge on any atom is 0.416 e. The van der Waals surface area contributed by atoms with Crippen LogP contribution in [0.1, 0.15) is 24.0 Å². The highest BCUT2D eigenvalue weighted by molar-refractivity contribution is 6.23. The Morgan fingerprint density at radius 1 is 0.868 bits per heavy atom. The molecule has 4 aromatic rings. The molecule has 1 aromatic heterocycles. The molecule has 1 aliphatic rings. The van der Waals surface area contributed by atoms with Gasteiger partial charge in [0.2, 0.25) is 11.8 Å². The Hall–Kier alpha value is -4.66. The second kappa shape index (κ2) is 9.66. The summed E-state index contributed by atoms with van der Waals surface area (Å²) in [6.45, 7) is 1.76. The Morgan fingerprint density at radius 2 is 1.63 bits per heavy atom. The number of fused-ring (bicyclic) bond motifs is 1. The van der Waals surface area contributed by atoms with Crippen molar-refractivity contribution in [3.8, 4) is 16.9 Å². The number of pyridine rings is 1. The summed E-state index contributed by atoms with van der Waals surface area (Å²) in [4.78, 5) is 34.7. The summed E-state index contributed by atoms with van der Waals surface area (Å²) in [5, 5.41) is 10.8. The van der Waals surface area contributed by atoms with Crippen LogP contribution in [0.3, 0.4) is 0 Å². The number of likely N-dealkylation sites (N-methyl/N-ethyl adjacent to an activating group) is 1. The zero-order valence-electron chi connectivity index (χ0n) is 20.2. The van der Waals surface area contributed by atoms with Crippen molar-refractivity contribution >= 4 is 28.9 Å². The zero-order chi connectivity index (χ0) is 27.0. The van der Waals surface area contributed by atoms with Crippen LogP contribution in [0.25, 0.3) is 11.1 Å². The third-order valence-corrected chi connectivity index (χ3v) is 6.48. The first kappa shape index (κ1) is 25.0. The van der Waals surface area contributed by atoms with Gasteiger partial charge in [-0.2, -0.15) is 13.2 Å². The van der Waals surface area contributed by atoms with Gasteiger partial charge in [-0.1, -0.05) is 30.3 Å². The number of para-hydroxylation sites is 1. The number of carbonyl (C=O) groups excluding carboxylic acids is 2. The number of hydrogen-bond acceptors (Lipinski definition) is 4. The van der Waals surface area contributed by atoms with Crippen LogP contribution >= 0.6 is 0 Å². The zero-order valence-corrected chi connectivity index (χ0v) is 20.2. The van der Waals surface area contributed by atoms with Gasteiger partial charge in [0.25, 0.3) is 0 Å².